The van der Waals surface area contributed by atoms with E-state index in [1.807, 2.05) is 0 Å². The van der Waals surface area contributed by atoms with Gasteiger partial charge in [-0.15, -0.1) is 0 Å². The lowest BCUT2D eigenvalue weighted by molar-refractivity contribution is 0.182. The van der Waals surface area contributed by atoms with Crippen LogP contribution in [-0.4, -0.2) is 19.1 Å². The van der Waals surface area contributed by atoms with Gasteiger partial charge in [-0.25, -0.2) is 0 Å². The summed E-state index contributed by atoms with van der Waals surface area (Å²) in [5, 5.41) is 0. The van der Waals surface area contributed by atoms with Gasteiger partial charge in [-0.2, -0.15) is 0 Å². The number of anilines is 1. The Labute approximate surface area is 124 Å². The number of rotatable bonds is 4. The van der Waals surface area contributed by atoms with Crippen molar-refractivity contribution < 1.29 is 0 Å². The van der Waals surface area contributed by atoms with Crippen LogP contribution in [0.5, 0.6) is 0 Å². The molecule has 0 amide bonds. The third-order valence-electron chi connectivity index (χ3n) is 5.40. The number of hydrogen-bond acceptors (Lipinski definition) is 2. The van der Waals surface area contributed by atoms with Crippen LogP contribution >= 0.6 is 0 Å². The van der Waals surface area contributed by atoms with Crippen molar-refractivity contribution in [3.05, 3.63) is 29.3 Å². The topological polar surface area (TPSA) is 29.3 Å². The molecule has 1 aromatic carbocycles. The van der Waals surface area contributed by atoms with Crippen LogP contribution in [0.15, 0.2) is 18.2 Å². The predicted molar refractivity (Wildman–Crippen MR) is 88.4 cm³/mol. The molecular formula is C18H30N2. The van der Waals surface area contributed by atoms with Crippen LogP contribution < -0.4 is 10.6 Å². The molecule has 1 fully saturated rings. The zero-order valence-corrected chi connectivity index (χ0v) is 13.6. The largest absolute Gasteiger partial charge is 0.367 e. The van der Waals surface area contributed by atoms with Crippen LogP contribution in [0.3, 0.4) is 0 Å². The molecule has 2 heteroatoms. The molecule has 1 aliphatic rings. The number of nitrogens with two attached hydrogens (primary N) is 1. The molecule has 112 valence electrons. The number of hydrogen-bond donors (Lipinski definition) is 1. The molecule has 1 aromatic rings. The minimum absolute atomic E-state index is 0.146. The van der Waals surface area contributed by atoms with Crippen molar-refractivity contribution in [2.75, 3.05) is 18.5 Å². The van der Waals surface area contributed by atoms with Gasteiger partial charge in [0.1, 0.15) is 0 Å². The van der Waals surface area contributed by atoms with Crippen LogP contribution in [0, 0.1) is 19.8 Å². The molecule has 2 rings (SSSR count). The normalized spacial score (nSPS) is 26.6. The van der Waals surface area contributed by atoms with E-state index in [0.717, 1.165) is 6.54 Å². The second kappa shape index (κ2) is 6.17. The molecule has 1 saturated carbocycles. The molecular weight excluding hydrogens is 244 g/mol. The minimum atomic E-state index is 0.146. The summed E-state index contributed by atoms with van der Waals surface area (Å²) in [6.07, 6.45) is 6.45. The molecule has 1 aliphatic carbocycles. The molecule has 2 unspecified atom stereocenters. The summed E-state index contributed by atoms with van der Waals surface area (Å²) in [6.45, 7) is 7.45. The number of aryl methyl sites for hydroxylation is 2. The Kier molecular flexibility index (Phi) is 4.74. The van der Waals surface area contributed by atoms with Gasteiger partial charge in [-0.1, -0.05) is 43.9 Å². The molecule has 0 aromatic heterocycles. The van der Waals surface area contributed by atoms with E-state index in [-0.39, 0.29) is 5.54 Å². The van der Waals surface area contributed by atoms with Crippen LogP contribution in [0.2, 0.25) is 0 Å². The highest BCUT2D eigenvalue weighted by molar-refractivity contribution is 5.56. The van der Waals surface area contributed by atoms with E-state index >= 15 is 0 Å². The molecule has 0 spiro atoms. The van der Waals surface area contributed by atoms with Crippen LogP contribution in [0.25, 0.3) is 0 Å². The van der Waals surface area contributed by atoms with Crippen molar-refractivity contribution in [1.82, 2.24) is 0 Å². The Balaban J connectivity index is 2.38. The van der Waals surface area contributed by atoms with Crippen molar-refractivity contribution >= 4 is 5.69 Å². The summed E-state index contributed by atoms with van der Waals surface area (Å²) in [7, 11) is 2.25. The second-order valence-corrected chi connectivity index (χ2v) is 6.51. The van der Waals surface area contributed by atoms with Gasteiger partial charge in [-0.3, -0.25) is 0 Å². The number of likely N-dealkylation sites (N-methyl/N-ethyl adjacent to an activating group) is 1. The Morgan fingerprint density at radius 2 is 2.05 bits per heavy atom. The molecule has 2 nitrogen and oxygen atoms in total. The highest BCUT2D eigenvalue weighted by Gasteiger charge is 2.42. The van der Waals surface area contributed by atoms with Gasteiger partial charge in [-0.05, 0) is 44.2 Å². The van der Waals surface area contributed by atoms with E-state index in [4.69, 9.17) is 5.73 Å². The molecule has 0 aliphatic heterocycles. The number of nitrogens with zero attached hydrogens (tertiary/aromatic N) is 1. The van der Waals surface area contributed by atoms with Gasteiger partial charge in [0.25, 0.3) is 0 Å². The maximum atomic E-state index is 6.28. The van der Waals surface area contributed by atoms with Crippen LogP contribution in [0.4, 0.5) is 5.69 Å². The molecule has 0 saturated heterocycles. The van der Waals surface area contributed by atoms with Crippen molar-refractivity contribution in [1.29, 1.82) is 0 Å². The maximum absolute atomic E-state index is 6.28. The molecule has 20 heavy (non-hydrogen) atoms. The third-order valence-corrected chi connectivity index (χ3v) is 5.40. The van der Waals surface area contributed by atoms with Crippen molar-refractivity contribution in [3.63, 3.8) is 0 Å². The van der Waals surface area contributed by atoms with Crippen molar-refractivity contribution in [3.8, 4) is 0 Å². The van der Waals surface area contributed by atoms with E-state index in [2.05, 4.69) is 50.9 Å². The van der Waals surface area contributed by atoms with Crippen molar-refractivity contribution in [2.45, 2.75) is 58.4 Å². The summed E-state index contributed by atoms with van der Waals surface area (Å²) < 4.78 is 0. The summed E-state index contributed by atoms with van der Waals surface area (Å²) >= 11 is 0. The van der Waals surface area contributed by atoms with E-state index in [1.165, 1.54) is 48.9 Å². The zero-order chi connectivity index (χ0) is 14.8. The monoisotopic (exact) mass is 274 g/mol. The Morgan fingerprint density at radius 1 is 1.30 bits per heavy atom. The summed E-state index contributed by atoms with van der Waals surface area (Å²) in [4.78, 5) is 2.50. The Hall–Kier alpha value is -1.02. The van der Waals surface area contributed by atoms with Crippen LogP contribution in [-0.2, 0) is 0 Å². The van der Waals surface area contributed by atoms with Crippen LogP contribution in [0.1, 0.15) is 50.2 Å². The summed E-state index contributed by atoms with van der Waals surface area (Å²) in [6, 6.07) is 6.76. The first kappa shape index (κ1) is 15.4. The lowest BCUT2D eigenvalue weighted by Crippen LogP contribution is -2.59. The maximum Gasteiger partial charge on any atom is 0.0548 e. The van der Waals surface area contributed by atoms with Gasteiger partial charge in [0.05, 0.1) is 5.54 Å². The average Bonchev–Trinajstić information content (AvgIpc) is 2.46. The predicted octanol–water partition coefficient (Wildman–Crippen LogP) is 4.04. The zero-order valence-electron chi connectivity index (χ0n) is 13.6. The van der Waals surface area contributed by atoms with Gasteiger partial charge in [0.2, 0.25) is 0 Å². The summed E-state index contributed by atoms with van der Waals surface area (Å²) in [5.74, 6) is 0.715. The van der Waals surface area contributed by atoms with E-state index < -0.39 is 0 Å². The smallest absolute Gasteiger partial charge is 0.0548 e. The first-order valence-electron chi connectivity index (χ1n) is 8.06. The molecule has 2 N–H and O–H groups in total. The van der Waals surface area contributed by atoms with Crippen molar-refractivity contribution in [2.24, 2.45) is 11.7 Å². The SMILES string of the molecule is CCC1CCCCC1(CN)N(C)c1ccc(C)cc1C. The van der Waals surface area contributed by atoms with E-state index in [0.29, 0.717) is 5.92 Å². The van der Waals surface area contributed by atoms with Gasteiger partial charge < -0.3 is 10.6 Å². The Morgan fingerprint density at radius 3 is 2.65 bits per heavy atom. The molecule has 0 radical (unpaired) electrons. The first-order valence-corrected chi connectivity index (χ1v) is 8.06. The molecule has 2 atom stereocenters. The minimum Gasteiger partial charge on any atom is -0.367 e. The lowest BCUT2D eigenvalue weighted by atomic mass is 9.70. The number of benzene rings is 1. The van der Waals surface area contributed by atoms with E-state index in [1.54, 1.807) is 0 Å². The highest BCUT2D eigenvalue weighted by Crippen LogP contribution is 2.41. The van der Waals surface area contributed by atoms with Gasteiger partial charge in [0, 0.05) is 19.3 Å². The standard InChI is InChI=1S/C18H30N2/c1-5-16-8-6-7-11-18(16,13-19)20(4)17-10-9-14(2)12-15(17)3/h9-10,12,16H,5-8,11,13,19H2,1-4H3. The first-order chi connectivity index (χ1) is 9.55. The van der Waals surface area contributed by atoms with E-state index in [9.17, 15) is 0 Å². The Bertz CT molecular complexity index is 455. The second-order valence-electron chi connectivity index (χ2n) is 6.51. The fourth-order valence-corrected chi connectivity index (χ4v) is 4.15. The molecule has 0 heterocycles. The van der Waals surface area contributed by atoms with Gasteiger partial charge >= 0.3 is 0 Å². The fraction of sp³-hybridized carbons (Fsp3) is 0.667. The highest BCUT2D eigenvalue weighted by atomic mass is 15.2. The molecule has 0 bridgehead atoms. The fourth-order valence-electron chi connectivity index (χ4n) is 4.15. The third kappa shape index (κ3) is 2.58. The quantitative estimate of drug-likeness (QED) is 0.898. The average molecular weight is 274 g/mol. The summed E-state index contributed by atoms with van der Waals surface area (Å²) in [5.41, 5.74) is 10.5. The lowest BCUT2D eigenvalue weighted by Gasteiger charge is -2.51. The van der Waals surface area contributed by atoms with Gasteiger partial charge in [0.15, 0.2) is 0 Å².